The van der Waals surface area contributed by atoms with Crippen molar-refractivity contribution in [2.45, 2.75) is 12.8 Å². The van der Waals surface area contributed by atoms with Crippen molar-refractivity contribution in [3.05, 3.63) is 59.9 Å². The number of hydrogen-bond acceptors (Lipinski definition) is 4. The van der Waals surface area contributed by atoms with E-state index in [-0.39, 0.29) is 0 Å². The summed E-state index contributed by atoms with van der Waals surface area (Å²) in [6.07, 6.45) is 5.54. The minimum atomic E-state index is 0.625. The molecule has 0 saturated heterocycles. The zero-order valence-corrected chi connectivity index (χ0v) is 14.2. The van der Waals surface area contributed by atoms with E-state index < -0.39 is 0 Å². The topological polar surface area (TPSA) is 40.6 Å². The molecule has 3 rings (SSSR count). The molecule has 0 N–H and O–H groups in total. The third-order valence-corrected chi connectivity index (χ3v) is 4.13. The third kappa shape index (κ3) is 3.27. The molecule has 0 fully saturated rings. The second kappa shape index (κ2) is 7.21. The van der Waals surface area contributed by atoms with E-state index in [0.717, 1.165) is 18.4 Å². The van der Waals surface area contributed by atoms with Gasteiger partial charge < -0.3 is 14.2 Å². The van der Waals surface area contributed by atoms with Gasteiger partial charge in [-0.15, -0.1) is 0 Å². The summed E-state index contributed by atoms with van der Waals surface area (Å²) >= 11 is 0. The predicted molar refractivity (Wildman–Crippen MR) is 95.2 cm³/mol. The van der Waals surface area contributed by atoms with E-state index in [1.807, 2.05) is 30.6 Å². The fraction of sp³-hybridized carbons (Fsp3) is 0.250. The minimum Gasteiger partial charge on any atom is -0.493 e. The Morgan fingerprint density at radius 1 is 0.750 bits per heavy atom. The highest BCUT2D eigenvalue weighted by molar-refractivity contribution is 5.82. The molecule has 3 aromatic rings. The largest absolute Gasteiger partial charge is 0.493 e. The van der Waals surface area contributed by atoms with Crippen LogP contribution < -0.4 is 14.2 Å². The van der Waals surface area contributed by atoms with Crippen molar-refractivity contribution in [3.63, 3.8) is 0 Å². The highest BCUT2D eigenvalue weighted by Gasteiger charge is 2.13. The fourth-order valence-corrected chi connectivity index (χ4v) is 2.86. The number of aryl methyl sites for hydroxylation is 2. The second-order valence-electron chi connectivity index (χ2n) is 5.59. The number of hydrogen-bond donors (Lipinski definition) is 0. The molecule has 4 heteroatoms. The zero-order chi connectivity index (χ0) is 16.9. The van der Waals surface area contributed by atoms with E-state index in [1.165, 1.54) is 16.3 Å². The molecule has 1 aromatic heterocycles. The Kier molecular flexibility index (Phi) is 4.85. The van der Waals surface area contributed by atoms with Crippen molar-refractivity contribution in [2.75, 3.05) is 21.3 Å². The summed E-state index contributed by atoms with van der Waals surface area (Å²) in [6, 6.07) is 12.5. The van der Waals surface area contributed by atoms with E-state index in [9.17, 15) is 0 Å². The van der Waals surface area contributed by atoms with Gasteiger partial charge in [0.05, 0.1) is 21.3 Å². The highest BCUT2D eigenvalue weighted by atomic mass is 16.5. The first kappa shape index (κ1) is 16.1. The van der Waals surface area contributed by atoms with Gasteiger partial charge in [-0.3, -0.25) is 4.98 Å². The van der Waals surface area contributed by atoms with Crippen LogP contribution in [0.4, 0.5) is 0 Å². The lowest BCUT2D eigenvalue weighted by molar-refractivity contribution is 0.324. The molecule has 0 bridgehead atoms. The van der Waals surface area contributed by atoms with Crippen molar-refractivity contribution in [1.29, 1.82) is 0 Å². The molecule has 0 unspecified atom stereocenters. The van der Waals surface area contributed by atoms with Crippen molar-refractivity contribution in [3.8, 4) is 17.2 Å². The maximum atomic E-state index is 5.42. The summed E-state index contributed by atoms with van der Waals surface area (Å²) in [5, 5.41) is 2.38. The fourth-order valence-electron chi connectivity index (χ4n) is 2.86. The van der Waals surface area contributed by atoms with Crippen LogP contribution in [0.5, 0.6) is 17.2 Å². The predicted octanol–water partition coefficient (Wildman–Crippen LogP) is 4.05. The quantitative estimate of drug-likeness (QED) is 0.686. The summed E-state index contributed by atoms with van der Waals surface area (Å²) < 4.78 is 16.2. The number of fused-ring (bicyclic) bond motifs is 1. The van der Waals surface area contributed by atoms with Crippen molar-refractivity contribution >= 4 is 10.8 Å². The Hall–Kier alpha value is -2.75. The summed E-state index contributed by atoms with van der Waals surface area (Å²) in [4.78, 5) is 4.19. The van der Waals surface area contributed by atoms with Gasteiger partial charge in [-0.05, 0) is 53.6 Å². The van der Waals surface area contributed by atoms with Crippen LogP contribution in [0.2, 0.25) is 0 Å². The van der Waals surface area contributed by atoms with E-state index in [2.05, 4.69) is 23.2 Å². The first-order chi connectivity index (χ1) is 11.7. The molecule has 0 aliphatic carbocycles. The van der Waals surface area contributed by atoms with Gasteiger partial charge in [-0.25, -0.2) is 0 Å². The van der Waals surface area contributed by atoms with E-state index in [4.69, 9.17) is 14.2 Å². The lowest BCUT2D eigenvalue weighted by Crippen LogP contribution is -1.98. The number of pyridine rings is 1. The Bertz CT molecular complexity index is 820. The highest BCUT2D eigenvalue weighted by Crippen LogP contribution is 2.38. The monoisotopic (exact) mass is 323 g/mol. The van der Waals surface area contributed by atoms with Gasteiger partial charge in [0, 0.05) is 17.8 Å². The Morgan fingerprint density at radius 3 is 2.12 bits per heavy atom. The molecular weight excluding hydrogens is 302 g/mol. The van der Waals surface area contributed by atoms with Crippen LogP contribution in [-0.4, -0.2) is 26.3 Å². The number of ether oxygens (including phenoxy) is 3. The second-order valence-corrected chi connectivity index (χ2v) is 5.59. The molecule has 0 saturated carbocycles. The lowest BCUT2D eigenvalue weighted by Gasteiger charge is -2.14. The maximum absolute atomic E-state index is 5.42. The molecule has 124 valence electrons. The molecule has 4 nitrogen and oxygen atoms in total. The van der Waals surface area contributed by atoms with Gasteiger partial charge in [0.2, 0.25) is 5.75 Å². The number of nitrogens with zero attached hydrogens (tertiary/aromatic N) is 1. The molecular formula is C20H21NO3. The van der Waals surface area contributed by atoms with Gasteiger partial charge in [0.1, 0.15) is 0 Å². The average molecular weight is 323 g/mol. The average Bonchev–Trinajstić information content (AvgIpc) is 2.65. The van der Waals surface area contributed by atoms with Crippen LogP contribution in [0.1, 0.15) is 11.1 Å². The van der Waals surface area contributed by atoms with Gasteiger partial charge >= 0.3 is 0 Å². The molecule has 0 amide bonds. The van der Waals surface area contributed by atoms with Crippen LogP contribution in [0, 0.1) is 0 Å². The zero-order valence-electron chi connectivity index (χ0n) is 14.2. The molecule has 0 atom stereocenters. The Labute approximate surface area is 142 Å². The number of aromatic nitrogens is 1. The molecule has 1 heterocycles. The lowest BCUT2D eigenvalue weighted by atomic mass is 10.0. The van der Waals surface area contributed by atoms with Crippen LogP contribution in [0.3, 0.4) is 0 Å². The molecule has 2 aromatic carbocycles. The molecule has 0 spiro atoms. The normalized spacial score (nSPS) is 10.6. The molecule has 0 radical (unpaired) electrons. The summed E-state index contributed by atoms with van der Waals surface area (Å²) in [5.41, 5.74) is 2.43. The molecule has 0 aliphatic rings. The number of rotatable bonds is 6. The Morgan fingerprint density at radius 2 is 1.46 bits per heavy atom. The van der Waals surface area contributed by atoms with E-state index in [1.54, 1.807) is 21.3 Å². The molecule has 0 aliphatic heterocycles. The van der Waals surface area contributed by atoms with Gasteiger partial charge in [0.25, 0.3) is 0 Å². The SMILES string of the molecule is COc1cc(CCc2ccc3ccncc3c2)cc(OC)c1OC. The third-order valence-electron chi connectivity index (χ3n) is 4.13. The number of benzene rings is 2. The van der Waals surface area contributed by atoms with Crippen molar-refractivity contribution in [1.82, 2.24) is 4.98 Å². The van der Waals surface area contributed by atoms with Gasteiger partial charge in [0.15, 0.2) is 11.5 Å². The van der Waals surface area contributed by atoms with E-state index >= 15 is 0 Å². The van der Waals surface area contributed by atoms with Gasteiger partial charge in [-0.2, -0.15) is 0 Å². The molecule has 24 heavy (non-hydrogen) atoms. The van der Waals surface area contributed by atoms with Crippen molar-refractivity contribution < 1.29 is 14.2 Å². The first-order valence-electron chi connectivity index (χ1n) is 7.86. The summed E-state index contributed by atoms with van der Waals surface area (Å²) in [5.74, 6) is 2.00. The van der Waals surface area contributed by atoms with Crippen LogP contribution in [-0.2, 0) is 12.8 Å². The van der Waals surface area contributed by atoms with E-state index in [0.29, 0.717) is 17.2 Å². The maximum Gasteiger partial charge on any atom is 0.203 e. The summed E-state index contributed by atoms with van der Waals surface area (Å²) in [6.45, 7) is 0. The first-order valence-corrected chi connectivity index (χ1v) is 7.86. The summed E-state index contributed by atoms with van der Waals surface area (Å²) in [7, 11) is 4.89. The smallest absolute Gasteiger partial charge is 0.203 e. The van der Waals surface area contributed by atoms with Gasteiger partial charge in [-0.1, -0.05) is 12.1 Å². The standard InChI is InChI=1S/C20H21NO3/c1-22-18-11-15(12-19(23-2)20(18)24-3)5-4-14-6-7-16-8-9-21-13-17(16)10-14/h6-13H,4-5H2,1-3H3. The minimum absolute atomic E-state index is 0.625. The Balaban J connectivity index is 1.82. The number of methoxy groups -OCH3 is 3. The van der Waals surface area contributed by atoms with Crippen LogP contribution in [0.25, 0.3) is 10.8 Å². The van der Waals surface area contributed by atoms with Crippen LogP contribution >= 0.6 is 0 Å². The van der Waals surface area contributed by atoms with Crippen molar-refractivity contribution in [2.24, 2.45) is 0 Å². The van der Waals surface area contributed by atoms with Crippen LogP contribution in [0.15, 0.2) is 48.8 Å².